The van der Waals surface area contributed by atoms with Gasteiger partial charge in [0.25, 0.3) is 0 Å². The number of methoxy groups -OCH3 is 1. The van der Waals surface area contributed by atoms with Gasteiger partial charge in [-0.2, -0.15) is 5.26 Å². The predicted octanol–water partition coefficient (Wildman–Crippen LogP) is 7.12. The van der Waals surface area contributed by atoms with E-state index in [4.69, 9.17) is 14.5 Å². The topological polar surface area (TPSA) is 84.2 Å². The number of aryl methyl sites for hydroxylation is 1. The van der Waals surface area contributed by atoms with E-state index < -0.39 is 5.25 Å². The molecule has 3 aromatic carbocycles. The zero-order chi connectivity index (χ0) is 27.1. The highest BCUT2D eigenvalue weighted by Crippen LogP contribution is 2.36. The molecule has 4 aromatic rings. The molecule has 1 aromatic heterocycles. The SMILES string of the molecule is CCOc1ccc(NC(=O)C(C)Sc2nc(-c3ccc(OC)cc3)cc(-c3ccc(C)cc3)c2C#N)cc1. The van der Waals surface area contributed by atoms with Crippen molar-refractivity contribution in [1.29, 1.82) is 5.26 Å². The number of amides is 1. The second kappa shape index (κ2) is 12.3. The largest absolute Gasteiger partial charge is 0.497 e. The monoisotopic (exact) mass is 523 g/mol. The third-order valence-electron chi connectivity index (χ3n) is 5.94. The molecule has 0 aliphatic carbocycles. The van der Waals surface area contributed by atoms with Gasteiger partial charge in [-0.15, -0.1) is 0 Å². The number of nitrogens with zero attached hydrogens (tertiary/aromatic N) is 2. The van der Waals surface area contributed by atoms with Crippen LogP contribution in [-0.4, -0.2) is 29.9 Å². The molecule has 1 N–H and O–H groups in total. The van der Waals surface area contributed by atoms with Crippen molar-refractivity contribution < 1.29 is 14.3 Å². The van der Waals surface area contributed by atoms with E-state index in [0.29, 0.717) is 28.6 Å². The molecule has 0 spiro atoms. The summed E-state index contributed by atoms with van der Waals surface area (Å²) in [6.45, 7) is 6.33. The van der Waals surface area contributed by atoms with Gasteiger partial charge in [-0.3, -0.25) is 4.79 Å². The Labute approximate surface area is 227 Å². The summed E-state index contributed by atoms with van der Waals surface area (Å²) < 4.78 is 10.8. The molecule has 0 saturated carbocycles. The zero-order valence-corrected chi connectivity index (χ0v) is 22.6. The molecule has 1 amide bonds. The van der Waals surface area contributed by atoms with Crippen LogP contribution in [0.5, 0.6) is 11.5 Å². The van der Waals surface area contributed by atoms with Crippen molar-refractivity contribution in [3.8, 4) is 40.0 Å². The maximum atomic E-state index is 13.1. The van der Waals surface area contributed by atoms with Crippen molar-refractivity contribution in [1.82, 2.24) is 4.98 Å². The molecule has 0 aliphatic heterocycles. The van der Waals surface area contributed by atoms with Crippen LogP contribution in [0.3, 0.4) is 0 Å². The minimum Gasteiger partial charge on any atom is -0.497 e. The fraction of sp³-hybridized carbons (Fsp3) is 0.194. The highest BCUT2D eigenvalue weighted by molar-refractivity contribution is 8.00. The number of nitriles is 1. The van der Waals surface area contributed by atoms with Crippen LogP contribution in [0.2, 0.25) is 0 Å². The van der Waals surface area contributed by atoms with Gasteiger partial charge >= 0.3 is 0 Å². The average Bonchev–Trinajstić information content (AvgIpc) is 2.94. The molecule has 1 unspecified atom stereocenters. The lowest BCUT2D eigenvalue weighted by molar-refractivity contribution is -0.115. The molecule has 0 radical (unpaired) electrons. The van der Waals surface area contributed by atoms with Gasteiger partial charge in [0, 0.05) is 16.8 Å². The number of ether oxygens (including phenoxy) is 2. The standard InChI is InChI=1S/C31H29N3O3S/c1-5-37-26-16-12-24(13-17-26)33-30(35)21(3)38-31-28(19-32)27(22-8-6-20(2)7-9-22)18-29(34-31)23-10-14-25(36-4)15-11-23/h6-18,21H,5H2,1-4H3,(H,33,35). The van der Waals surface area contributed by atoms with Gasteiger partial charge in [-0.05, 0) is 80.9 Å². The number of nitrogens with one attached hydrogen (secondary N) is 1. The van der Waals surface area contributed by atoms with E-state index in [0.717, 1.165) is 33.8 Å². The van der Waals surface area contributed by atoms with Gasteiger partial charge in [0.05, 0.1) is 30.2 Å². The van der Waals surface area contributed by atoms with Crippen LogP contribution in [0.4, 0.5) is 5.69 Å². The zero-order valence-electron chi connectivity index (χ0n) is 21.8. The first-order valence-electron chi connectivity index (χ1n) is 12.3. The Morgan fingerprint density at radius 3 is 2.24 bits per heavy atom. The van der Waals surface area contributed by atoms with Gasteiger partial charge in [0.1, 0.15) is 22.6 Å². The molecule has 0 bridgehead atoms. The number of hydrogen-bond donors (Lipinski definition) is 1. The Hall–Kier alpha value is -4.28. The number of carbonyl (C=O) groups excluding carboxylic acids is 1. The molecule has 0 aliphatic rings. The number of aromatic nitrogens is 1. The molecule has 6 nitrogen and oxygen atoms in total. The molecule has 1 heterocycles. The van der Waals surface area contributed by atoms with Gasteiger partial charge < -0.3 is 14.8 Å². The lowest BCUT2D eigenvalue weighted by Crippen LogP contribution is -2.22. The van der Waals surface area contributed by atoms with Crippen LogP contribution in [0, 0.1) is 18.3 Å². The highest BCUT2D eigenvalue weighted by atomic mass is 32.2. The van der Waals surface area contributed by atoms with Gasteiger partial charge in [0.2, 0.25) is 5.91 Å². The summed E-state index contributed by atoms with van der Waals surface area (Å²) in [5.74, 6) is 1.31. The second-order valence-electron chi connectivity index (χ2n) is 8.65. The summed E-state index contributed by atoms with van der Waals surface area (Å²) in [7, 11) is 1.62. The van der Waals surface area contributed by atoms with E-state index in [2.05, 4.69) is 11.4 Å². The number of rotatable bonds is 9. The van der Waals surface area contributed by atoms with Crippen molar-refractivity contribution in [2.24, 2.45) is 0 Å². The van der Waals surface area contributed by atoms with Crippen LogP contribution < -0.4 is 14.8 Å². The quantitative estimate of drug-likeness (QED) is 0.235. The van der Waals surface area contributed by atoms with Crippen LogP contribution in [0.1, 0.15) is 25.0 Å². The Morgan fingerprint density at radius 2 is 1.63 bits per heavy atom. The van der Waals surface area contributed by atoms with Crippen molar-refractivity contribution in [3.05, 3.63) is 90.0 Å². The van der Waals surface area contributed by atoms with Crippen molar-refractivity contribution in [2.45, 2.75) is 31.0 Å². The van der Waals surface area contributed by atoms with E-state index in [1.54, 1.807) is 19.2 Å². The Kier molecular flexibility index (Phi) is 8.67. The van der Waals surface area contributed by atoms with E-state index in [9.17, 15) is 10.1 Å². The molecular formula is C31H29N3O3S. The summed E-state index contributed by atoms with van der Waals surface area (Å²) in [5, 5.41) is 13.1. The number of carbonyl (C=O) groups is 1. The van der Waals surface area contributed by atoms with Crippen LogP contribution >= 0.6 is 11.8 Å². The third kappa shape index (κ3) is 6.34. The molecule has 1 atom stereocenters. The Morgan fingerprint density at radius 1 is 1.00 bits per heavy atom. The Balaban J connectivity index is 1.68. The lowest BCUT2D eigenvalue weighted by Gasteiger charge is -2.16. The molecule has 0 fully saturated rings. The molecule has 38 heavy (non-hydrogen) atoms. The summed E-state index contributed by atoms with van der Waals surface area (Å²) >= 11 is 1.27. The first kappa shape index (κ1) is 26.8. The second-order valence-corrected chi connectivity index (χ2v) is 9.98. The predicted molar refractivity (Wildman–Crippen MR) is 153 cm³/mol. The molecule has 4 rings (SSSR count). The first-order valence-corrected chi connectivity index (χ1v) is 13.2. The molecule has 0 saturated heterocycles. The van der Waals surface area contributed by atoms with Gasteiger partial charge in [-0.1, -0.05) is 41.6 Å². The average molecular weight is 524 g/mol. The van der Waals surface area contributed by atoms with Gasteiger partial charge in [0.15, 0.2) is 0 Å². The maximum absolute atomic E-state index is 13.1. The first-order chi connectivity index (χ1) is 18.4. The van der Waals surface area contributed by atoms with E-state index in [-0.39, 0.29) is 5.91 Å². The summed E-state index contributed by atoms with van der Waals surface area (Å²) in [5.41, 5.74) is 5.53. The summed E-state index contributed by atoms with van der Waals surface area (Å²) in [4.78, 5) is 17.9. The number of hydrogen-bond acceptors (Lipinski definition) is 6. The number of pyridine rings is 1. The van der Waals surface area contributed by atoms with E-state index in [1.807, 2.05) is 87.5 Å². The van der Waals surface area contributed by atoms with Crippen molar-refractivity contribution in [2.75, 3.05) is 19.0 Å². The summed E-state index contributed by atoms with van der Waals surface area (Å²) in [6.07, 6.45) is 0. The fourth-order valence-corrected chi connectivity index (χ4v) is 4.78. The van der Waals surface area contributed by atoms with E-state index >= 15 is 0 Å². The molecule has 7 heteroatoms. The smallest absolute Gasteiger partial charge is 0.237 e. The van der Waals surface area contributed by atoms with Crippen LogP contribution in [0.25, 0.3) is 22.4 Å². The Bertz CT molecular complexity index is 1440. The highest BCUT2D eigenvalue weighted by Gasteiger charge is 2.21. The van der Waals surface area contributed by atoms with Crippen LogP contribution in [0.15, 0.2) is 83.9 Å². The summed E-state index contributed by atoms with van der Waals surface area (Å²) in [6, 6.07) is 27.2. The fourth-order valence-electron chi connectivity index (χ4n) is 3.85. The lowest BCUT2D eigenvalue weighted by atomic mass is 9.98. The maximum Gasteiger partial charge on any atom is 0.237 e. The number of benzene rings is 3. The normalized spacial score (nSPS) is 11.3. The number of anilines is 1. The van der Waals surface area contributed by atoms with Crippen LogP contribution in [-0.2, 0) is 4.79 Å². The number of thioether (sulfide) groups is 1. The van der Waals surface area contributed by atoms with Crippen molar-refractivity contribution >= 4 is 23.4 Å². The molecule has 192 valence electrons. The molecular weight excluding hydrogens is 494 g/mol. The third-order valence-corrected chi connectivity index (χ3v) is 7.02. The minimum atomic E-state index is -0.502. The minimum absolute atomic E-state index is 0.184. The van der Waals surface area contributed by atoms with Gasteiger partial charge in [-0.25, -0.2) is 4.98 Å². The van der Waals surface area contributed by atoms with E-state index in [1.165, 1.54) is 11.8 Å². The van der Waals surface area contributed by atoms with Crippen molar-refractivity contribution in [3.63, 3.8) is 0 Å².